The van der Waals surface area contributed by atoms with Crippen molar-refractivity contribution in [1.29, 1.82) is 0 Å². The maximum atomic E-state index is 13.5. The molecule has 0 aliphatic rings. The normalized spacial score (nSPS) is 10.1. The van der Waals surface area contributed by atoms with E-state index in [1.165, 1.54) is 36.4 Å². The van der Waals surface area contributed by atoms with Gasteiger partial charge in [-0.1, -0.05) is 15.9 Å². The molecule has 92 valence electrons. The Balaban J connectivity index is 2.18. The van der Waals surface area contributed by atoms with Gasteiger partial charge in [-0.3, -0.25) is 4.79 Å². The second-order valence-corrected chi connectivity index (χ2v) is 4.54. The van der Waals surface area contributed by atoms with Gasteiger partial charge in [-0.05, 0) is 42.5 Å². The number of carbonyl (C=O) groups is 1. The molecular formula is C13H9BrFNO2. The third-order valence-corrected chi connectivity index (χ3v) is 2.80. The van der Waals surface area contributed by atoms with Crippen LogP contribution in [0.3, 0.4) is 0 Å². The molecule has 0 unspecified atom stereocenters. The van der Waals surface area contributed by atoms with Crippen molar-refractivity contribution in [2.75, 3.05) is 5.32 Å². The van der Waals surface area contributed by atoms with Crippen molar-refractivity contribution in [1.82, 2.24) is 0 Å². The van der Waals surface area contributed by atoms with E-state index in [0.717, 1.165) is 0 Å². The van der Waals surface area contributed by atoms with E-state index in [0.29, 0.717) is 10.0 Å². The lowest BCUT2D eigenvalue weighted by molar-refractivity contribution is 0.102. The lowest BCUT2D eigenvalue weighted by atomic mass is 10.2. The monoisotopic (exact) mass is 309 g/mol. The Bertz CT molecular complexity index is 584. The summed E-state index contributed by atoms with van der Waals surface area (Å²) in [5.74, 6) is -0.880. The van der Waals surface area contributed by atoms with E-state index >= 15 is 0 Å². The van der Waals surface area contributed by atoms with Crippen molar-refractivity contribution >= 4 is 27.5 Å². The van der Waals surface area contributed by atoms with Crippen molar-refractivity contribution in [2.45, 2.75) is 0 Å². The first-order valence-electron chi connectivity index (χ1n) is 5.12. The summed E-state index contributed by atoms with van der Waals surface area (Å²) < 4.78 is 14.1. The molecule has 0 fully saturated rings. The summed E-state index contributed by atoms with van der Waals surface area (Å²) >= 11 is 3.13. The van der Waals surface area contributed by atoms with Crippen molar-refractivity contribution < 1.29 is 14.3 Å². The van der Waals surface area contributed by atoms with Crippen LogP contribution in [0.1, 0.15) is 10.4 Å². The third-order valence-electron chi connectivity index (χ3n) is 2.31. The Labute approximate surface area is 111 Å². The average Bonchev–Trinajstić information content (AvgIpc) is 2.33. The van der Waals surface area contributed by atoms with Crippen LogP contribution >= 0.6 is 15.9 Å². The van der Waals surface area contributed by atoms with Gasteiger partial charge in [-0.25, -0.2) is 4.39 Å². The fourth-order valence-electron chi connectivity index (χ4n) is 1.40. The van der Waals surface area contributed by atoms with E-state index in [1.807, 2.05) is 0 Å². The Kier molecular flexibility index (Phi) is 3.62. The Morgan fingerprint density at radius 1 is 1.17 bits per heavy atom. The number of nitrogens with one attached hydrogen (secondary N) is 1. The van der Waals surface area contributed by atoms with Crippen LogP contribution in [0.2, 0.25) is 0 Å². The molecule has 0 spiro atoms. The van der Waals surface area contributed by atoms with Gasteiger partial charge in [0.2, 0.25) is 0 Å². The highest BCUT2D eigenvalue weighted by Gasteiger charge is 2.09. The summed E-state index contributed by atoms with van der Waals surface area (Å²) in [5.41, 5.74) is 0.450. The Morgan fingerprint density at radius 3 is 2.44 bits per heavy atom. The molecule has 18 heavy (non-hydrogen) atoms. The molecule has 0 heterocycles. The number of aromatic hydroxyl groups is 1. The molecule has 2 rings (SSSR count). The maximum absolute atomic E-state index is 13.5. The van der Waals surface area contributed by atoms with Crippen LogP contribution in [0.4, 0.5) is 10.1 Å². The van der Waals surface area contributed by atoms with Crippen LogP contribution in [0.5, 0.6) is 5.75 Å². The number of amides is 1. The molecule has 0 saturated carbocycles. The van der Waals surface area contributed by atoms with Gasteiger partial charge in [0.15, 0.2) is 0 Å². The predicted octanol–water partition coefficient (Wildman–Crippen LogP) is 3.55. The first kappa shape index (κ1) is 12.6. The molecule has 0 saturated heterocycles. The van der Waals surface area contributed by atoms with Crippen LogP contribution in [0.25, 0.3) is 0 Å². The highest BCUT2D eigenvalue weighted by atomic mass is 79.9. The zero-order chi connectivity index (χ0) is 13.1. The minimum atomic E-state index is -0.517. The van der Waals surface area contributed by atoms with Crippen molar-refractivity contribution in [2.24, 2.45) is 0 Å². The molecule has 0 bridgehead atoms. The molecule has 1 amide bonds. The summed E-state index contributed by atoms with van der Waals surface area (Å²) in [7, 11) is 0. The highest BCUT2D eigenvalue weighted by Crippen LogP contribution is 2.20. The smallest absolute Gasteiger partial charge is 0.255 e. The molecule has 0 atom stereocenters. The molecule has 0 aliphatic heterocycles. The first-order chi connectivity index (χ1) is 8.56. The van der Waals surface area contributed by atoms with E-state index in [-0.39, 0.29) is 11.4 Å². The van der Waals surface area contributed by atoms with Crippen molar-refractivity contribution in [3.63, 3.8) is 0 Å². The fourth-order valence-corrected chi connectivity index (χ4v) is 1.73. The third kappa shape index (κ3) is 2.87. The molecule has 0 aromatic heterocycles. The number of hydrogen-bond donors (Lipinski definition) is 2. The molecule has 3 nitrogen and oxygen atoms in total. The summed E-state index contributed by atoms with van der Waals surface area (Å²) in [6, 6.07) is 10.1. The van der Waals surface area contributed by atoms with Gasteiger partial charge in [0.05, 0.1) is 5.69 Å². The van der Waals surface area contributed by atoms with Crippen LogP contribution < -0.4 is 5.32 Å². The van der Waals surface area contributed by atoms with E-state index < -0.39 is 11.7 Å². The zero-order valence-electron chi connectivity index (χ0n) is 9.15. The molecule has 0 radical (unpaired) electrons. The average molecular weight is 310 g/mol. The van der Waals surface area contributed by atoms with Crippen molar-refractivity contribution in [3.8, 4) is 5.75 Å². The molecule has 2 N–H and O–H groups in total. The summed E-state index contributed by atoms with van der Waals surface area (Å²) in [6.45, 7) is 0. The van der Waals surface area contributed by atoms with Gasteiger partial charge in [0, 0.05) is 10.0 Å². The first-order valence-corrected chi connectivity index (χ1v) is 5.91. The maximum Gasteiger partial charge on any atom is 0.255 e. The van der Waals surface area contributed by atoms with Gasteiger partial charge >= 0.3 is 0 Å². The number of hydrogen-bond acceptors (Lipinski definition) is 2. The van der Waals surface area contributed by atoms with E-state index in [2.05, 4.69) is 21.2 Å². The largest absolute Gasteiger partial charge is 0.508 e. The van der Waals surface area contributed by atoms with Crippen molar-refractivity contribution in [3.05, 3.63) is 58.3 Å². The minimum absolute atomic E-state index is 0.0707. The van der Waals surface area contributed by atoms with E-state index in [1.54, 1.807) is 6.07 Å². The molecule has 2 aromatic carbocycles. The molecule has 5 heteroatoms. The highest BCUT2D eigenvalue weighted by molar-refractivity contribution is 9.10. The van der Waals surface area contributed by atoms with Gasteiger partial charge in [0.1, 0.15) is 11.6 Å². The number of phenols is 1. The fraction of sp³-hybridized carbons (Fsp3) is 0. The van der Waals surface area contributed by atoms with Gasteiger partial charge in [-0.15, -0.1) is 0 Å². The lowest BCUT2D eigenvalue weighted by Gasteiger charge is -2.06. The summed E-state index contributed by atoms with van der Waals surface area (Å²) in [5, 5.41) is 11.6. The number of carbonyl (C=O) groups excluding carboxylic acids is 1. The van der Waals surface area contributed by atoms with Gasteiger partial charge in [-0.2, -0.15) is 0 Å². The number of benzene rings is 2. The minimum Gasteiger partial charge on any atom is -0.508 e. The van der Waals surface area contributed by atoms with Crippen LogP contribution in [-0.2, 0) is 0 Å². The second kappa shape index (κ2) is 5.18. The number of halogens is 2. The van der Waals surface area contributed by atoms with E-state index in [4.69, 9.17) is 5.11 Å². The zero-order valence-corrected chi connectivity index (χ0v) is 10.7. The number of anilines is 1. The quantitative estimate of drug-likeness (QED) is 0.891. The molecule has 2 aromatic rings. The van der Waals surface area contributed by atoms with Crippen LogP contribution in [0.15, 0.2) is 46.9 Å². The topological polar surface area (TPSA) is 49.3 Å². The number of phenolic OH excluding ortho intramolecular Hbond substituents is 1. The SMILES string of the molecule is O=C(Nc1ccc(Br)cc1F)c1ccc(O)cc1. The summed E-state index contributed by atoms with van der Waals surface area (Å²) in [6.07, 6.45) is 0. The lowest BCUT2D eigenvalue weighted by Crippen LogP contribution is -2.12. The van der Waals surface area contributed by atoms with E-state index in [9.17, 15) is 9.18 Å². The Hall–Kier alpha value is -1.88. The van der Waals surface area contributed by atoms with Gasteiger partial charge in [0.25, 0.3) is 5.91 Å². The summed E-state index contributed by atoms with van der Waals surface area (Å²) in [4.78, 5) is 11.8. The van der Waals surface area contributed by atoms with Crippen LogP contribution in [-0.4, -0.2) is 11.0 Å². The second-order valence-electron chi connectivity index (χ2n) is 3.63. The predicted molar refractivity (Wildman–Crippen MR) is 70.2 cm³/mol. The van der Waals surface area contributed by atoms with Gasteiger partial charge < -0.3 is 10.4 Å². The number of rotatable bonds is 2. The molecule has 0 aliphatic carbocycles. The molecular weight excluding hydrogens is 301 g/mol. The Morgan fingerprint density at radius 2 is 1.83 bits per heavy atom. The van der Waals surface area contributed by atoms with Crippen LogP contribution in [0, 0.1) is 5.82 Å². The standard InChI is InChI=1S/C13H9BrFNO2/c14-9-3-6-12(11(15)7-9)16-13(18)8-1-4-10(17)5-2-8/h1-7,17H,(H,16,18).